The third-order valence-electron chi connectivity index (χ3n) is 4.59. The number of rotatable bonds is 17. The van der Waals surface area contributed by atoms with Crippen molar-refractivity contribution >= 4 is 12.0 Å². The van der Waals surface area contributed by atoms with Crippen LogP contribution in [0.15, 0.2) is 24.3 Å². The number of benzene rings is 1. The molecule has 0 aliphatic heterocycles. The number of hydrogen-bond acceptors (Lipinski definition) is 5. The normalized spacial score (nSPS) is 12.6. The summed E-state index contributed by atoms with van der Waals surface area (Å²) in [5.41, 5.74) is 0. The molecule has 0 unspecified atom stereocenters. The zero-order chi connectivity index (χ0) is 23.8. The van der Waals surface area contributed by atoms with Gasteiger partial charge in [0.25, 0.3) is 0 Å². The average Bonchev–Trinajstić information content (AvgIpc) is 2.69. The van der Waals surface area contributed by atoms with Crippen LogP contribution in [0.3, 0.4) is 0 Å². The summed E-state index contributed by atoms with van der Waals surface area (Å²) in [6.45, 7) is 3.97. The van der Waals surface area contributed by atoms with Gasteiger partial charge in [0.2, 0.25) is 0 Å². The Morgan fingerprint density at radius 2 is 1.62 bits per heavy atom. The van der Waals surface area contributed by atoms with Gasteiger partial charge >= 0.3 is 136 Å². The van der Waals surface area contributed by atoms with E-state index in [2.05, 4.69) is 32.3 Å². The molecule has 2 N–H and O–H groups in total. The van der Waals surface area contributed by atoms with Crippen LogP contribution in [0, 0.1) is 0 Å². The van der Waals surface area contributed by atoms with Crippen molar-refractivity contribution in [2.45, 2.75) is 57.9 Å². The molecule has 1 rings (SSSR count). The summed E-state index contributed by atoms with van der Waals surface area (Å²) in [5, 5.41) is 16.5. The number of alkyl halides is 4. The summed E-state index contributed by atoms with van der Waals surface area (Å²) >= 11 is -1.93. The third kappa shape index (κ3) is 15.2. The Bertz CT molecular complexity index is 679. The molecule has 1 aromatic carbocycles. The number of ether oxygens (including phenoxy) is 2. The predicted molar refractivity (Wildman–Crippen MR) is 123 cm³/mol. The Morgan fingerprint density at radius 3 is 2.19 bits per heavy atom. The van der Waals surface area contributed by atoms with Crippen molar-refractivity contribution in [3.63, 3.8) is 0 Å². The van der Waals surface area contributed by atoms with Gasteiger partial charge in [-0.3, -0.25) is 0 Å². The third-order valence-corrected chi connectivity index (χ3v) is 8.30. The summed E-state index contributed by atoms with van der Waals surface area (Å²) in [6, 6.07) is 6.97. The molecule has 0 bridgehead atoms. The van der Waals surface area contributed by atoms with Crippen molar-refractivity contribution in [2.75, 3.05) is 39.0 Å². The minimum atomic E-state index is -1.93. The van der Waals surface area contributed by atoms with Gasteiger partial charge in [-0.15, -0.1) is 0 Å². The monoisotopic (exact) mass is 564 g/mol. The molecule has 0 aliphatic rings. The number of nitrogens with one attached hydrogen (secondary N) is 2. The van der Waals surface area contributed by atoms with Gasteiger partial charge in [0.05, 0.1) is 6.61 Å². The molecule has 0 saturated heterocycles. The first-order valence-electron chi connectivity index (χ1n) is 11.3. The van der Waals surface area contributed by atoms with E-state index in [0.717, 1.165) is 41.8 Å². The van der Waals surface area contributed by atoms with E-state index in [9.17, 15) is 14.7 Å². The summed E-state index contributed by atoms with van der Waals surface area (Å²) in [4.78, 5) is 29.6. The molecular weight excluding hydrogens is 523 g/mol. The molecule has 32 heavy (non-hydrogen) atoms. The van der Waals surface area contributed by atoms with Gasteiger partial charge in [0.1, 0.15) is 5.75 Å². The molecule has 0 fully saturated rings. The molecule has 8 heteroatoms. The van der Waals surface area contributed by atoms with Gasteiger partial charge in [-0.05, 0) is 12.5 Å². The second-order valence-electron chi connectivity index (χ2n) is 8.70. The van der Waals surface area contributed by atoms with Crippen molar-refractivity contribution in [1.29, 1.82) is 0 Å². The predicted octanol–water partition coefficient (Wildman–Crippen LogP) is -0.338. The van der Waals surface area contributed by atoms with E-state index >= 15 is 0 Å². The number of aliphatic carboxylic acids is 1. The van der Waals surface area contributed by atoms with Gasteiger partial charge < -0.3 is 4.74 Å². The van der Waals surface area contributed by atoms with Gasteiger partial charge in [-0.2, -0.15) is 0 Å². The Labute approximate surface area is 197 Å². The second-order valence-corrected chi connectivity index (χ2v) is 20.6. The molecule has 1 atom stereocenters. The van der Waals surface area contributed by atoms with Crippen LogP contribution in [0.4, 0.5) is 4.79 Å². The number of carbonyl (C=O) groups excluding carboxylic acids is 2. The quantitative estimate of drug-likeness (QED) is 0.153. The molecule has 0 saturated carbocycles. The molecule has 0 spiro atoms. The van der Waals surface area contributed by atoms with Gasteiger partial charge in [-0.25, -0.2) is 0 Å². The zero-order valence-corrected chi connectivity index (χ0v) is 22.2. The summed E-state index contributed by atoms with van der Waals surface area (Å²) in [6.07, 6.45) is 6.11. The van der Waals surface area contributed by atoms with Crippen LogP contribution < -0.4 is 43.6 Å². The molecule has 7 nitrogen and oxygen atoms in total. The van der Waals surface area contributed by atoms with Crippen molar-refractivity contribution in [2.24, 2.45) is 0 Å². The fourth-order valence-corrected chi connectivity index (χ4v) is 6.85. The van der Waals surface area contributed by atoms with E-state index in [1.165, 1.54) is 19.3 Å². The molecule has 186 valence electrons. The number of carboxylic acids is 1. The number of halogens is 1. The molecule has 1 aromatic rings. The summed E-state index contributed by atoms with van der Waals surface area (Å²) < 4.78 is 12.3. The first kappa shape index (κ1) is 28.3. The fourth-order valence-electron chi connectivity index (χ4n) is 3.13. The van der Waals surface area contributed by atoms with Crippen LogP contribution in [-0.2, 0) is 4.79 Å². The Morgan fingerprint density at radius 1 is 1.00 bits per heavy atom. The van der Waals surface area contributed by atoms with E-state index in [4.69, 9.17) is 9.47 Å². The van der Waals surface area contributed by atoms with Crippen LogP contribution in [-0.4, -0.2) is 57.0 Å². The number of carboxylic acid groups (broad SMARTS) is 1. The van der Waals surface area contributed by atoms with Gasteiger partial charge in [-0.1, -0.05) is 32.3 Å². The SMILES string of the molecule is CCCCCCOc1cccc(OCCCCNC(=O)N[C@H](CC(=O)[O-])C[I-](C)(C)C)c1. The zero-order valence-electron chi connectivity index (χ0n) is 20.1. The van der Waals surface area contributed by atoms with Crippen LogP contribution in [0.5, 0.6) is 11.5 Å². The average molecular weight is 565 g/mol. The summed E-state index contributed by atoms with van der Waals surface area (Å²) in [5.74, 6) is 0.464. The van der Waals surface area contributed by atoms with Crippen LogP contribution in [0.25, 0.3) is 0 Å². The molecule has 0 heterocycles. The van der Waals surface area contributed by atoms with E-state index in [1.807, 2.05) is 24.3 Å². The number of carbonyl (C=O) groups is 2. The van der Waals surface area contributed by atoms with Crippen LogP contribution >= 0.6 is 0 Å². The molecule has 2 amide bonds. The van der Waals surface area contributed by atoms with Crippen molar-refractivity contribution in [3.05, 3.63) is 24.3 Å². The maximum absolute atomic E-state index is 12.1. The standard InChI is InChI=1S/C24H42IN2O5/c1-5-6-7-9-15-31-21-12-11-13-22(18-21)32-16-10-8-14-26-24(30)27-20(17-23(28)29)19-25(2,3)4/h11-13,18,20H,5-10,14-17,19H2,1-4H3,(H,28,29)(H2,26,27,30)/q-1/p-1/t20-/m1/s1. The minimum absolute atomic E-state index is 0.149. The molecule has 0 aliphatic carbocycles. The van der Waals surface area contributed by atoms with Crippen molar-refractivity contribution in [3.8, 4) is 11.5 Å². The second kappa shape index (κ2) is 16.0. The van der Waals surface area contributed by atoms with Crippen LogP contribution in [0.2, 0.25) is 0 Å². The molecule has 0 radical (unpaired) electrons. The van der Waals surface area contributed by atoms with E-state index in [-0.39, 0.29) is 18.5 Å². The summed E-state index contributed by atoms with van der Waals surface area (Å²) in [7, 11) is 0. The van der Waals surface area contributed by atoms with E-state index in [1.54, 1.807) is 0 Å². The van der Waals surface area contributed by atoms with Crippen LogP contribution in [0.1, 0.15) is 51.9 Å². The van der Waals surface area contributed by atoms with Crippen molar-refractivity contribution < 1.29 is 42.6 Å². The molecule has 0 aromatic heterocycles. The first-order chi connectivity index (χ1) is 15.2. The first-order valence-corrected chi connectivity index (χ1v) is 19.3. The van der Waals surface area contributed by atoms with Gasteiger partial charge in [0.15, 0.2) is 0 Å². The number of unbranched alkanes of at least 4 members (excludes halogenated alkanes) is 4. The molecular formula is C24H41IN2O5-2. The Balaban J connectivity index is 2.22. The Hall–Kier alpha value is -1.71. The van der Waals surface area contributed by atoms with Gasteiger partial charge in [0, 0.05) is 0 Å². The fraction of sp³-hybridized carbons (Fsp3) is 0.667. The van der Waals surface area contributed by atoms with Crippen molar-refractivity contribution in [1.82, 2.24) is 10.6 Å². The maximum atomic E-state index is 12.1. The number of amides is 2. The van der Waals surface area contributed by atoms with E-state index in [0.29, 0.717) is 13.2 Å². The Kier molecular flexibility index (Phi) is 14.2. The number of hydrogen-bond donors (Lipinski definition) is 2. The number of urea groups is 1. The topological polar surface area (TPSA) is 99.7 Å². The van der Waals surface area contributed by atoms with E-state index < -0.39 is 24.4 Å².